The molecule has 0 fully saturated rings. The first kappa shape index (κ1) is 14.9. The zero-order chi connectivity index (χ0) is 16.6. The van der Waals surface area contributed by atoms with E-state index in [9.17, 15) is 4.79 Å². The van der Waals surface area contributed by atoms with Crippen LogP contribution < -0.4 is 0 Å². The molecule has 0 N–H and O–H groups in total. The number of hydrogen-bond donors (Lipinski definition) is 0. The molecule has 0 aliphatic heterocycles. The lowest BCUT2D eigenvalue weighted by Crippen LogP contribution is -2.36. The smallest absolute Gasteiger partial charge is 0.174 e. The molecule has 2 atom stereocenters. The molecule has 24 heavy (non-hydrogen) atoms. The summed E-state index contributed by atoms with van der Waals surface area (Å²) in [6.07, 6.45) is 17.4. The Bertz CT molecular complexity index is 921. The Morgan fingerprint density at radius 3 is 2.46 bits per heavy atom. The Morgan fingerprint density at radius 1 is 0.917 bits per heavy atom. The molecule has 1 nitrogen and oxygen atoms in total. The van der Waals surface area contributed by atoms with E-state index in [0.717, 1.165) is 22.8 Å². The van der Waals surface area contributed by atoms with Crippen LogP contribution in [0.2, 0.25) is 0 Å². The first-order chi connectivity index (χ1) is 11.7. The Hall–Kier alpha value is -2.67. The number of carbonyl (C=O) groups excluding carboxylic acids is 1. The summed E-state index contributed by atoms with van der Waals surface area (Å²) < 4.78 is 0. The minimum atomic E-state index is -0.513. The number of Topliss-reactive ketones (excluding diaryl/α,β-unsaturated/α-hetero) is 1. The van der Waals surface area contributed by atoms with Crippen LogP contribution in [-0.4, -0.2) is 5.78 Å². The Balaban J connectivity index is 1.89. The van der Waals surface area contributed by atoms with Gasteiger partial charge in [0.15, 0.2) is 5.78 Å². The van der Waals surface area contributed by atoms with Crippen molar-refractivity contribution in [2.45, 2.75) is 18.8 Å². The minimum Gasteiger partial charge on any atom is -0.293 e. The molecule has 1 heteroatoms. The van der Waals surface area contributed by atoms with Crippen molar-refractivity contribution in [1.82, 2.24) is 0 Å². The molecule has 0 radical (unpaired) electrons. The molecule has 118 valence electrons. The van der Waals surface area contributed by atoms with Gasteiger partial charge in [0.25, 0.3) is 0 Å². The van der Waals surface area contributed by atoms with Crippen LogP contribution in [0.15, 0.2) is 85.0 Å². The maximum atomic E-state index is 13.4. The topological polar surface area (TPSA) is 17.1 Å². The van der Waals surface area contributed by atoms with E-state index in [1.165, 1.54) is 5.56 Å². The zero-order valence-electron chi connectivity index (χ0n) is 13.8. The lowest BCUT2D eigenvalue weighted by Gasteiger charge is -2.31. The summed E-state index contributed by atoms with van der Waals surface area (Å²) >= 11 is 0. The number of carbonyl (C=O) groups is 1. The SMILES string of the molecule is CC1(C2\C=C/C=C\C=C\C=C/C2)C(=O)c2cccc3cccc1c23. The number of rotatable bonds is 1. The van der Waals surface area contributed by atoms with Crippen molar-refractivity contribution in [3.63, 3.8) is 0 Å². The van der Waals surface area contributed by atoms with Crippen molar-refractivity contribution in [1.29, 1.82) is 0 Å². The zero-order valence-corrected chi connectivity index (χ0v) is 13.8. The molecule has 2 aliphatic rings. The van der Waals surface area contributed by atoms with Gasteiger partial charge < -0.3 is 0 Å². The molecule has 2 aromatic carbocycles. The highest BCUT2D eigenvalue weighted by Crippen LogP contribution is 2.48. The average molecular weight is 312 g/mol. The van der Waals surface area contributed by atoms with Gasteiger partial charge in [0.1, 0.15) is 0 Å². The van der Waals surface area contributed by atoms with E-state index in [4.69, 9.17) is 0 Å². The second-order valence-electron chi connectivity index (χ2n) is 6.67. The molecular weight excluding hydrogens is 292 g/mol. The van der Waals surface area contributed by atoms with E-state index in [2.05, 4.69) is 55.5 Å². The van der Waals surface area contributed by atoms with Gasteiger partial charge in [0.05, 0.1) is 5.41 Å². The minimum absolute atomic E-state index is 0.135. The van der Waals surface area contributed by atoms with E-state index in [1.54, 1.807) is 0 Å². The summed E-state index contributed by atoms with van der Waals surface area (Å²) in [5.74, 6) is 0.379. The van der Waals surface area contributed by atoms with Gasteiger partial charge in [-0.05, 0) is 35.6 Å². The summed E-state index contributed by atoms with van der Waals surface area (Å²) in [6, 6.07) is 12.4. The van der Waals surface area contributed by atoms with Crippen molar-refractivity contribution in [2.75, 3.05) is 0 Å². The predicted molar refractivity (Wildman–Crippen MR) is 100 cm³/mol. The van der Waals surface area contributed by atoms with Gasteiger partial charge >= 0.3 is 0 Å². The Kier molecular flexibility index (Phi) is 3.57. The standard InChI is InChI=1S/C23H20O/c1-23(18-13-7-5-3-2-4-6-8-14-18)20-16-10-12-17-11-9-15-19(21(17)20)22(23)24/h2-13,15-16,18H,14H2,1H3/b4-2+,5-3-,8-6-,13-7-. The summed E-state index contributed by atoms with van der Waals surface area (Å²) in [5.41, 5.74) is 1.52. The van der Waals surface area contributed by atoms with E-state index in [-0.39, 0.29) is 11.7 Å². The molecule has 0 saturated heterocycles. The van der Waals surface area contributed by atoms with E-state index in [1.807, 2.05) is 36.4 Å². The van der Waals surface area contributed by atoms with Crippen LogP contribution in [0.5, 0.6) is 0 Å². The highest BCUT2D eigenvalue weighted by atomic mass is 16.1. The molecule has 0 amide bonds. The maximum Gasteiger partial charge on any atom is 0.174 e. The second kappa shape index (κ2) is 5.76. The third kappa shape index (κ3) is 2.12. The molecule has 0 saturated carbocycles. The van der Waals surface area contributed by atoms with Crippen molar-refractivity contribution in [2.24, 2.45) is 5.92 Å². The third-order valence-corrected chi connectivity index (χ3v) is 5.35. The second-order valence-corrected chi connectivity index (χ2v) is 6.67. The Labute approximate surface area is 142 Å². The van der Waals surface area contributed by atoms with Gasteiger partial charge in [-0.15, -0.1) is 0 Å². The molecule has 2 unspecified atom stereocenters. The van der Waals surface area contributed by atoms with Crippen LogP contribution in [-0.2, 0) is 5.41 Å². The number of allylic oxidation sites excluding steroid dienone is 8. The van der Waals surface area contributed by atoms with Gasteiger partial charge in [-0.3, -0.25) is 4.79 Å². The Morgan fingerprint density at radius 2 is 1.62 bits per heavy atom. The van der Waals surface area contributed by atoms with E-state index < -0.39 is 5.41 Å². The van der Waals surface area contributed by atoms with Crippen molar-refractivity contribution >= 4 is 16.6 Å². The van der Waals surface area contributed by atoms with Crippen LogP contribution in [0, 0.1) is 5.92 Å². The van der Waals surface area contributed by atoms with Gasteiger partial charge in [-0.25, -0.2) is 0 Å². The van der Waals surface area contributed by atoms with Crippen LogP contribution in [0.3, 0.4) is 0 Å². The lowest BCUT2D eigenvalue weighted by atomic mass is 9.69. The quantitative estimate of drug-likeness (QED) is 0.676. The molecule has 0 heterocycles. The van der Waals surface area contributed by atoms with Crippen LogP contribution in [0.4, 0.5) is 0 Å². The molecule has 2 aliphatic carbocycles. The van der Waals surface area contributed by atoms with Gasteiger partial charge in [-0.2, -0.15) is 0 Å². The first-order valence-electron chi connectivity index (χ1n) is 8.46. The largest absolute Gasteiger partial charge is 0.293 e. The van der Waals surface area contributed by atoms with Crippen LogP contribution >= 0.6 is 0 Å². The third-order valence-electron chi connectivity index (χ3n) is 5.35. The van der Waals surface area contributed by atoms with Crippen molar-refractivity contribution in [3.8, 4) is 0 Å². The molecule has 0 bridgehead atoms. The summed E-state index contributed by atoms with van der Waals surface area (Å²) in [7, 11) is 0. The van der Waals surface area contributed by atoms with Gasteiger partial charge in [-0.1, -0.05) is 85.0 Å². The van der Waals surface area contributed by atoms with Crippen molar-refractivity contribution in [3.05, 3.63) is 96.1 Å². The molecular formula is C23H20O. The van der Waals surface area contributed by atoms with E-state index in [0.29, 0.717) is 0 Å². The van der Waals surface area contributed by atoms with Crippen LogP contribution in [0.25, 0.3) is 10.8 Å². The van der Waals surface area contributed by atoms with Crippen LogP contribution in [0.1, 0.15) is 29.3 Å². The number of hydrogen-bond acceptors (Lipinski definition) is 1. The lowest BCUT2D eigenvalue weighted by molar-refractivity contribution is 0.0872. The maximum absolute atomic E-state index is 13.4. The van der Waals surface area contributed by atoms with Gasteiger partial charge in [0, 0.05) is 5.56 Å². The summed E-state index contributed by atoms with van der Waals surface area (Å²) in [5, 5.41) is 2.29. The predicted octanol–water partition coefficient (Wildman–Crippen LogP) is 5.54. The van der Waals surface area contributed by atoms with E-state index >= 15 is 0 Å². The van der Waals surface area contributed by atoms with Gasteiger partial charge in [0.2, 0.25) is 0 Å². The number of ketones is 1. The molecule has 0 spiro atoms. The number of benzene rings is 2. The normalized spacial score (nSPS) is 30.9. The molecule has 4 rings (SSSR count). The monoisotopic (exact) mass is 312 g/mol. The molecule has 2 aromatic rings. The highest BCUT2D eigenvalue weighted by Gasteiger charge is 2.47. The fourth-order valence-electron chi connectivity index (χ4n) is 4.00. The average Bonchev–Trinajstić information content (AvgIpc) is 2.85. The summed E-state index contributed by atoms with van der Waals surface area (Å²) in [4.78, 5) is 13.4. The molecule has 0 aromatic heterocycles. The first-order valence-corrected chi connectivity index (χ1v) is 8.46. The fourth-order valence-corrected chi connectivity index (χ4v) is 4.00. The highest BCUT2D eigenvalue weighted by molar-refractivity contribution is 6.20. The fraction of sp³-hybridized carbons (Fsp3) is 0.174. The van der Waals surface area contributed by atoms with Crippen molar-refractivity contribution < 1.29 is 4.79 Å². The summed E-state index contributed by atoms with van der Waals surface area (Å²) in [6.45, 7) is 2.11.